The predicted octanol–water partition coefficient (Wildman–Crippen LogP) is 3.58. The number of piperidine rings is 1. The third-order valence-corrected chi connectivity index (χ3v) is 3.10. The summed E-state index contributed by atoms with van der Waals surface area (Å²) in [5.74, 6) is -0.116. The maximum absolute atomic E-state index is 13.5. The summed E-state index contributed by atoms with van der Waals surface area (Å²) in [6, 6.07) is 5.12. The van der Waals surface area contributed by atoms with Crippen LogP contribution in [-0.2, 0) is 0 Å². The van der Waals surface area contributed by atoms with E-state index in [1.165, 1.54) is 25.3 Å². The third-order valence-electron chi connectivity index (χ3n) is 2.60. The predicted molar refractivity (Wildman–Crippen MR) is 60.2 cm³/mol. The monoisotopic (exact) mass is 257 g/mol. The molecule has 1 saturated heterocycles. The second-order valence-corrected chi connectivity index (χ2v) is 4.56. The molecule has 1 aromatic rings. The van der Waals surface area contributed by atoms with Crippen molar-refractivity contribution in [3.05, 3.63) is 28.5 Å². The van der Waals surface area contributed by atoms with E-state index in [1.54, 1.807) is 6.07 Å². The number of hydrogen-bond donors (Lipinski definition) is 0. The van der Waals surface area contributed by atoms with E-state index >= 15 is 0 Å². The van der Waals surface area contributed by atoms with Gasteiger partial charge in [0.2, 0.25) is 0 Å². The van der Waals surface area contributed by atoms with Gasteiger partial charge in [-0.25, -0.2) is 4.39 Å². The lowest BCUT2D eigenvalue weighted by molar-refractivity contribution is 0.557. The Labute approximate surface area is 92.0 Å². The lowest BCUT2D eigenvalue weighted by Crippen LogP contribution is -2.30. The van der Waals surface area contributed by atoms with Crippen LogP contribution >= 0.6 is 15.9 Å². The van der Waals surface area contributed by atoms with Gasteiger partial charge < -0.3 is 4.90 Å². The van der Waals surface area contributed by atoms with Gasteiger partial charge in [-0.2, -0.15) is 0 Å². The quantitative estimate of drug-likeness (QED) is 0.744. The van der Waals surface area contributed by atoms with Gasteiger partial charge in [0.25, 0.3) is 0 Å². The summed E-state index contributed by atoms with van der Waals surface area (Å²) >= 11 is 3.37. The highest BCUT2D eigenvalue weighted by Crippen LogP contribution is 2.26. The molecule has 14 heavy (non-hydrogen) atoms. The van der Waals surface area contributed by atoms with Gasteiger partial charge in [0.15, 0.2) is 0 Å². The molecule has 0 atom stereocenters. The molecule has 0 aromatic heterocycles. The molecule has 0 N–H and O–H groups in total. The Kier molecular flexibility index (Phi) is 3.06. The maximum atomic E-state index is 13.5. The van der Waals surface area contributed by atoms with Crippen molar-refractivity contribution >= 4 is 21.6 Å². The Hall–Kier alpha value is -0.570. The van der Waals surface area contributed by atoms with Crippen LogP contribution in [0, 0.1) is 5.82 Å². The summed E-state index contributed by atoms with van der Waals surface area (Å²) in [6.07, 6.45) is 3.62. The number of hydrogen-bond acceptors (Lipinski definition) is 1. The largest absolute Gasteiger partial charge is 0.369 e. The van der Waals surface area contributed by atoms with Crippen LogP contribution in [0.1, 0.15) is 19.3 Å². The summed E-state index contributed by atoms with van der Waals surface area (Å²) < 4.78 is 14.4. The van der Waals surface area contributed by atoms with Gasteiger partial charge in [0.05, 0.1) is 5.69 Å². The molecule has 1 nitrogen and oxygen atoms in total. The van der Waals surface area contributed by atoms with Crippen LogP contribution in [0.3, 0.4) is 0 Å². The zero-order valence-electron chi connectivity index (χ0n) is 7.97. The topological polar surface area (TPSA) is 3.24 Å². The second-order valence-electron chi connectivity index (χ2n) is 3.64. The van der Waals surface area contributed by atoms with E-state index in [2.05, 4.69) is 20.8 Å². The molecule has 0 aliphatic carbocycles. The van der Waals surface area contributed by atoms with E-state index < -0.39 is 0 Å². The van der Waals surface area contributed by atoms with Crippen molar-refractivity contribution in [2.45, 2.75) is 19.3 Å². The molecule has 76 valence electrons. The van der Waals surface area contributed by atoms with Crippen molar-refractivity contribution in [3.8, 4) is 0 Å². The minimum Gasteiger partial charge on any atom is -0.369 e. The Bertz CT molecular complexity index is 321. The molecular weight excluding hydrogens is 245 g/mol. The first-order chi connectivity index (χ1) is 6.77. The molecule has 0 saturated carbocycles. The molecule has 0 amide bonds. The summed E-state index contributed by atoms with van der Waals surface area (Å²) in [5, 5.41) is 0. The first kappa shape index (κ1) is 9.97. The molecule has 2 rings (SSSR count). The van der Waals surface area contributed by atoms with Crippen LogP contribution < -0.4 is 4.90 Å². The van der Waals surface area contributed by atoms with Crippen molar-refractivity contribution in [1.82, 2.24) is 0 Å². The lowest BCUT2D eigenvalue weighted by atomic mass is 10.1. The fourth-order valence-electron chi connectivity index (χ4n) is 1.86. The maximum Gasteiger partial charge on any atom is 0.146 e. The molecule has 1 aromatic carbocycles. The van der Waals surface area contributed by atoms with E-state index in [9.17, 15) is 4.39 Å². The zero-order chi connectivity index (χ0) is 9.97. The highest BCUT2D eigenvalue weighted by Gasteiger charge is 2.14. The summed E-state index contributed by atoms with van der Waals surface area (Å²) in [6.45, 7) is 1.96. The molecule has 0 bridgehead atoms. The molecule has 0 unspecified atom stereocenters. The fraction of sp³-hybridized carbons (Fsp3) is 0.455. The van der Waals surface area contributed by atoms with Gasteiger partial charge in [-0.1, -0.05) is 15.9 Å². The normalized spacial score (nSPS) is 17.1. The number of nitrogens with zero attached hydrogens (tertiary/aromatic N) is 1. The minimum absolute atomic E-state index is 0.116. The molecule has 0 radical (unpaired) electrons. The van der Waals surface area contributed by atoms with Crippen molar-refractivity contribution < 1.29 is 4.39 Å². The SMILES string of the molecule is Fc1ccc(Br)cc1N1CCCCC1. The Morgan fingerprint density at radius 2 is 1.86 bits per heavy atom. The Balaban J connectivity index is 2.24. The number of rotatable bonds is 1. The van der Waals surface area contributed by atoms with Crippen LogP contribution in [0.4, 0.5) is 10.1 Å². The number of anilines is 1. The molecule has 1 fully saturated rings. The average molecular weight is 258 g/mol. The smallest absolute Gasteiger partial charge is 0.146 e. The standard InChI is InChI=1S/C11H13BrFN/c12-9-4-5-10(13)11(8-9)14-6-2-1-3-7-14/h4-5,8H,1-3,6-7H2. The zero-order valence-corrected chi connectivity index (χ0v) is 9.56. The van der Waals surface area contributed by atoms with Gasteiger partial charge >= 0.3 is 0 Å². The molecule has 0 spiro atoms. The van der Waals surface area contributed by atoms with E-state index in [0.29, 0.717) is 0 Å². The van der Waals surface area contributed by atoms with Crippen LogP contribution in [-0.4, -0.2) is 13.1 Å². The van der Waals surface area contributed by atoms with Gasteiger partial charge in [-0.3, -0.25) is 0 Å². The Morgan fingerprint density at radius 3 is 2.57 bits per heavy atom. The van der Waals surface area contributed by atoms with Gasteiger partial charge in [-0.05, 0) is 37.5 Å². The second kappa shape index (κ2) is 4.30. The van der Waals surface area contributed by atoms with Crippen LogP contribution in [0.15, 0.2) is 22.7 Å². The van der Waals surface area contributed by atoms with Crippen molar-refractivity contribution in [1.29, 1.82) is 0 Å². The molecule has 1 aliphatic rings. The van der Waals surface area contributed by atoms with Crippen molar-refractivity contribution in [2.75, 3.05) is 18.0 Å². The van der Waals surface area contributed by atoms with Gasteiger partial charge in [0.1, 0.15) is 5.82 Å². The van der Waals surface area contributed by atoms with E-state index in [0.717, 1.165) is 23.2 Å². The number of halogens is 2. The summed E-state index contributed by atoms with van der Waals surface area (Å²) in [4.78, 5) is 2.13. The molecule has 3 heteroatoms. The van der Waals surface area contributed by atoms with E-state index in [-0.39, 0.29) is 5.82 Å². The van der Waals surface area contributed by atoms with Crippen LogP contribution in [0.25, 0.3) is 0 Å². The molecular formula is C11H13BrFN. The highest BCUT2D eigenvalue weighted by molar-refractivity contribution is 9.10. The molecule has 1 aliphatic heterocycles. The highest BCUT2D eigenvalue weighted by atomic mass is 79.9. The molecule has 1 heterocycles. The first-order valence-corrected chi connectivity index (χ1v) is 5.77. The van der Waals surface area contributed by atoms with Gasteiger partial charge in [0, 0.05) is 17.6 Å². The van der Waals surface area contributed by atoms with Crippen LogP contribution in [0.5, 0.6) is 0 Å². The summed E-state index contributed by atoms with van der Waals surface area (Å²) in [7, 11) is 0. The Morgan fingerprint density at radius 1 is 1.14 bits per heavy atom. The van der Waals surface area contributed by atoms with Crippen molar-refractivity contribution in [3.63, 3.8) is 0 Å². The summed E-state index contributed by atoms with van der Waals surface area (Å²) in [5.41, 5.74) is 0.735. The van der Waals surface area contributed by atoms with Gasteiger partial charge in [-0.15, -0.1) is 0 Å². The fourth-order valence-corrected chi connectivity index (χ4v) is 2.21. The average Bonchev–Trinajstić information content (AvgIpc) is 2.23. The lowest BCUT2D eigenvalue weighted by Gasteiger charge is -2.29. The van der Waals surface area contributed by atoms with Crippen molar-refractivity contribution in [2.24, 2.45) is 0 Å². The number of benzene rings is 1. The first-order valence-electron chi connectivity index (χ1n) is 4.97. The van der Waals surface area contributed by atoms with E-state index in [4.69, 9.17) is 0 Å². The third kappa shape index (κ3) is 2.08. The minimum atomic E-state index is -0.116. The van der Waals surface area contributed by atoms with Crippen LogP contribution in [0.2, 0.25) is 0 Å². The van der Waals surface area contributed by atoms with E-state index in [1.807, 2.05) is 6.07 Å².